The first-order valence-electron chi connectivity index (χ1n) is 13.0. The maximum absolute atomic E-state index is 13.4. The Morgan fingerprint density at radius 2 is 1.58 bits per heavy atom. The van der Waals surface area contributed by atoms with E-state index in [1.807, 2.05) is 18.2 Å². The third kappa shape index (κ3) is 6.03. The summed E-state index contributed by atoms with van der Waals surface area (Å²) in [7, 11) is 0. The van der Waals surface area contributed by atoms with Gasteiger partial charge < -0.3 is 9.88 Å². The van der Waals surface area contributed by atoms with Crippen LogP contribution < -0.4 is 5.32 Å². The second kappa shape index (κ2) is 11.5. The fourth-order valence-electron chi connectivity index (χ4n) is 5.23. The Balaban J connectivity index is 1.15. The van der Waals surface area contributed by atoms with E-state index in [9.17, 15) is 9.18 Å². The third-order valence-electron chi connectivity index (χ3n) is 7.28. The number of rotatable bonds is 9. The van der Waals surface area contributed by atoms with Crippen molar-refractivity contribution in [2.75, 3.05) is 19.6 Å². The van der Waals surface area contributed by atoms with E-state index < -0.39 is 0 Å². The van der Waals surface area contributed by atoms with Crippen molar-refractivity contribution in [3.05, 3.63) is 108 Å². The van der Waals surface area contributed by atoms with Gasteiger partial charge in [0.1, 0.15) is 5.82 Å². The molecule has 0 unspecified atom stereocenters. The van der Waals surface area contributed by atoms with Gasteiger partial charge in [0.25, 0.3) is 0 Å². The average Bonchev–Trinajstić information content (AvgIpc) is 3.25. The van der Waals surface area contributed by atoms with Gasteiger partial charge >= 0.3 is 0 Å². The number of hydrogen-bond donors (Lipinski definition) is 1. The normalized spacial score (nSPS) is 14.8. The van der Waals surface area contributed by atoms with Gasteiger partial charge in [-0.2, -0.15) is 0 Å². The van der Waals surface area contributed by atoms with Crippen molar-refractivity contribution in [1.29, 1.82) is 0 Å². The van der Waals surface area contributed by atoms with E-state index in [-0.39, 0.29) is 17.6 Å². The van der Waals surface area contributed by atoms with Gasteiger partial charge in [0.2, 0.25) is 5.91 Å². The SMILES string of the molecule is O=C(NCCCc1ccccc1)C1CCN(Cc2cc3ccccc3n2Cc2ccc(F)cc2)CC1. The molecule has 1 fully saturated rings. The number of carbonyl (C=O) groups is 1. The fraction of sp³-hybridized carbons (Fsp3) is 0.323. The molecular formula is C31H34FN3O. The highest BCUT2D eigenvalue weighted by Crippen LogP contribution is 2.25. The number of nitrogens with zero attached hydrogens (tertiary/aromatic N) is 2. The summed E-state index contributed by atoms with van der Waals surface area (Å²) < 4.78 is 15.8. The first-order chi connectivity index (χ1) is 17.7. The summed E-state index contributed by atoms with van der Waals surface area (Å²) in [5, 5.41) is 4.38. The van der Waals surface area contributed by atoms with Crippen LogP contribution in [0.3, 0.4) is 0 Å². The number of carbonyl (C=O) groups excluding carboxylic acids is 1. The van der Waals surface area contributed by atoms with Crippen LogP contribution >= 0.6 is 0 Å². The summed E-state index contributed by atoms with van der Waals surface area (Å²) in [5.74, 6) is 0.0932. The molecule has 186 valence electrons. The summed E-state index contributed by atoms with van der Waals surface area (Å²) >= 11 is 0. The number of fused-ring (bicyclic) bond motifs is 1. The molecule has 4 nitrogen and oxygen atoms in total. The van der Waals surface area contributed by atoms with E-state index in [1.165, 1.54) is 34.3 Å². The highest BCUT2D eigenvalue weighted by atomic mass is 19.1. The predicted molar refractivity (Wildman–Crippen MR) is 143 cm³/mol. The fourth-order valence-corrected chi connectivity index (χ4v) is 5.23. The van der Waals surface area contributed by atoms with Crippen molar-refractivity contribution in [2.24, 2.45) is 5.92 Å². The molecule has 0 saturated carbocycles. The molecule has 1 aromatic heterocycles. The smallest absolute Gasteiger partial charge is 0.223 e. The van der Waals surface area contributed by atoms with Gasteiger partial charge in [-0.05, 0) is 79.6 Å². The Morgan fingerprint density at radius 3 is 2.36 bits per heavy atom. The predicted octanol–water partition coefficient (Wildman–Crippen LogP) is 5.79. The minimum absolute atomic E-state index is 0.100. The van der Waals surface area contributed by atoms with Crippen LogP contribution in [0.5, 0.6) is 0 Å². The van der Waals surface area contributed by atoms with E-state index in [0.717, 1.165) is 57.4 Å². The third-order valence-corrected chi connectivity index (χ3v) is 7.28. The first-order valence-corrected chi connectivity index (χ1v) is 13.0. The summed E-state index contributed by atoms with van der Waals surface area (Å²) in [5.41, 5.74) is 4.85. The second-order valence-electron chi connectivity index (χ2n) is 9.84. The van der Waals surface area contributed by atoms with Crippen LogP contribution in [0.25, 0.3) is 10.9 Å². The van der Waals surface area contributed by atoms with Gasteiger partial charge in [0, 0.05) is 36.8 Å². The van der Waals surface area contributed by atoms with Gasteiger partial charge in [0.05, 0.1) is 0 Å². The number of aromatic nitrogens is 1. The van der Waals surface area contributed by atoms with Crippen molar-refractivity contribution >= 4 is 16.8 Å². The largest absolute Gasteiger partial charge is 0.356 e. The van der Waals surface area contributed by atoms with Gasteiger partial charge in [-0.3, -0.25) is 9.69 Å². The maximum atomic E-state index is 13.4. The van der Waals surface area contributed by atoms with E-state index in [0.29, 0.717) is 6.54 Å². The van der Waals surface area contributed by atoms with E-state index >= 15 is 0 Å². The molecule has 36 heavy (non-hydrogen) atoms. The van der Waals surface area contributed by atoms with Crippen molar-refractivity contribution in [1.82, 2.24) is 14.8 Å². The van der Waals surface area contributed by atoms with Crippen LogP contribution in [0.15, 0.2) is 84.9 Å². The van der Waals surface area contributed by atoms with E-state index in [1.54, 1.807) is 0 Å². The summed E-state index contributed by atoms with van der Waals surface area (Å²) in [6, 6.07) is 27.9. The Hall–Kier alpha value is -3.44. The standard InChI is InChI=1S/C31H34FN3O/c32-28-14-12-25(13-15-28)22-35-29(21-27-10-4-5-11-30(27)35)23-34-19-16-26(17-20-34)31(36)33-18-6-9-24-7-2-1-3-8-24/h1-5,7-8,10-15,21,26H,6,9,16-20,22-23H2,(H,33,36). The van der Waals surface area contributed by atoms with Gasteiger partial charge in [0.15, 0.2) is 0 Å². The topological polar surface area (TPSA) is 37.3 Å². The molecular weight excluding hydrogens is 449 g/mol. The summed E-state index contributed by atoms with van der Waals surface area (Å²) in [4.78, 5) is 15.2. The zero-order valence-corrected chi connectivity index (χ0v) is 20.7. The Bertz CT molecular complexity index is 1270. The average molecular weight is 484 g/mol. The van der Waals surface area contributed by atoms with Crippen LogP contribution in [-0.2, 0) is 24.3 Å². The lowest BCUT2D eigenvalue weighted by molar-refractivity contribution is -0.126. The maximum Gasteiger partial charge on any atom is 0.223 e. The number of hydrogen-bond acceptors (Lipinski definition) is 2. The highest BCUT2D eigenvalue weighted by Gasteiger charge is 2.25. The molecule has 3 aromatic carbocycles. The molecule has 5 rings (SSSR count). The molecule has 1 aliphatic rings. The lowest BCUT2D eigenvalue weighted by Gasteiger charge is -2.31. The van der Waals surface area contributed by atoms with Crippen LogP contribution in [0, 0.1) is 11.7 Å². The monoisotopic (exact) mass is 483 g/mol. The van der Waals surface area contributed by atoms with E-state index in [4.69, 9.17) is 0 Å². The van der Waals surface area contributed by atoms with Crippen LogP contribution in [0.1, 0.15) is 36.1 Å². The minimum Gasteiger partial charge on any atom is -0.356 e. The zero-order chi connectivity index (χ0) is 24.7. The molecule has 5 heteroatoms. The molecule has 1 amide bonds. The van der Waals surface area contributed by atoms with Crippen molar-refractivity contribution in [2.45, 2.75) is 38.8 Å². The van der Waals surface area contributed by atoms with Crippen LogP contribution in [0.4, 0.5) is 4.39 Å². The number of likely N-dealkylation sites (tertiary alicyclic amines) is 1. The molecule has 1 saturated heterocycles. The first kappa shape index (κ1) is 24.3. The van der Waals surface area contributed by atoms with Gasteiger partial charge in [-0.25, -0.2) is 4.39 Å². The molecule has 0 radical (unpaired) electrons. The Kier molecular flexibility index (Phi) is 7.77. The van der Waals surface area contributed by atoms with Crippen LogP contribution in [-0.4, -0.2) is 35.0 Å². The molecule has 1 aliphatic heterocycles. The summed E-state index contributed by atoms with van der Waals surface area (Å²) in [6.45, 7) is 4.13. The number of amides is 1. The van der Waals surface area contributed by atoms with Crippen molar-refractivity contribution in [3.8, 4) is 0 Å². The van der Waals surface area contributed by atoms with Gasteiger partial charge in [-0.15, -0.1) is 0 Å². The molecule has 0 aliphatic carbocycles. The molecule has 0 spiro atoms. The Morgan fingerprint density at radius 1 is 0.861 bits per heavy atom. The number of nitrogens with one attached hydrogen (secondary N) is 1. The number of benzene rings is 3. The highest BCUT2D eigenvalue weighted by molar-refractivity contribution is 5.81. The molecule has 4 aromatic rings. The number of piperidine rings is 1. The Labute approximate surface area is 212 Å². The van der Waals surface area contributed by atoms with Crippen molar-refractivity contribution < 1.29 is 9.18 Å². The lowest BCUT2D eigenvalue weighted by Crippen LogP contribution is -2.40. The molecule has 0 atom stereocenters. The second-order valence-corrected chi connectivity index (χ2v) is 9.84. The number of aryl methyl sites for hydroxylation is 1. The van der Waals surface area contributed by atoms with Gasteiger partial charge in [-0.1, -0.05) is 60.7 Å². The van der Waals surface area contributed by atoms with Crippen molar-refractivity contribution in [3.63, 3.8) is 0 Å². The molecule has 2 heterocycles. The summed E-state index contributed by atoms with van der Waals surface area (Å²) in [6.07, 6.45) is 3.74. The molecule has 1 N–H and O–H groups in total. The lowest BCUT2D eigenvalue weighted by atomic mass is 9.95. The number of halogens is 1. The van der Waals surface area contributed by atoms with Crippen LogP contribution in [0.2, 0.25) is 0 Å². The molecule has 0 bridgehead atoms. The van der Waals surface area contributed by atoms with E-state index in [2.05, 4.69) is 69.4 Å². The number of para-hydroxylation sites is 1. The quantitative estimate of drug-likeness (QED) is 0.306. The zero-order valence-electron chi connectivity index (χ0n) is 20.7. The minimum atomic E-state index is -0.209.